The molecule has 0 aliphatic carbocycles. The van der Waals surface area contributed by atoms with Gasteiger partial charge in [0.15, 0.2) is 0 Å². The minimum Gasteiger partial charge on any atom is -0.327 e. The van der Waals surface area contributed by atoms with Gasteiger partial charge in [-0.2, -0.15) is 0 Å². The highest BCUT2D eigenvalue weighted by atomic mass is 32.1. The third kappa shape index (κ3) is 3.00. The maximum Gasteiger partial charge on any atom is 0.0797 e. The minimum atomic E-state index is 0.390. The van der Waals surface area contributed by atoms with Gasteiger partial charge in [0.25, 0.3) is 0 Å². The number of hydrogen-bond acceptors (Lipinski definition) is 4. The molecule has 0 radical (unpaired) electrons. The SMILES string of the molecule is Cc1ncsc1CCN1CCCC(N)C1. The van der Waals surface area contributed by atoms with Crippen molar-refractivity contribution in [1.29, 1.82) is 0 Å². The zero-order valence-corrected chi connectivity index (χ0v) is 10.1. The number of nitrogens with zero attached hydrogens (tertiary/aromatic N) is 2. The Balaban J connectivity index is 1.80. The zero-order chi connectivity index (χ0) is 10.7. The molecule has 2 N–H and O–H groups in total. The van der Waals surface area contributed by atoms with Crippen molar-refractivity contribution in [2.75, 3.05) is 19.6 Å². The highest BCUT2D eigenvalue weighted by Gasteiger charge is 2.16. The van der Waals surface area contributed by atoms with Gasteiger partial charge in [-0.05, 0) is 32.7 Å². The number of hydrogen-bond donors (Lipinski definition) is 1. The van der Waals surface area contributed by atoms with Crippen molar-refractivity contribution < 1.29 is 0 Å². The van der Waals surface area contributed by atoms with Gasteiger partial charge < -0.3 is 10.6 Å². The Kier molecular flexibility index (Phi) is 3.72. The molecule has 4 heteroatoms. The number of piperidine rings is 1. The first-order valence-corrected chi connectivity index (χ1v) is 6.50. The third-order valence-electron chi connectivity index (χ3n) is 3.04. The van der Waals surface area contributed by atoms with Gasteiger partial charge in [-0.15, -0.1) is 11.3 Å². The molecule has 0 aromatic carbocycles. The summed E-state index contributed by atoms with van der Waals surface area (Å²) in [5, 5.41) is 0. The quantitative estimate of drug-likeness (QED) is 0.846. The molecule has 1 aromatic heterocycles. The van der Waals surface area contributed by atoms with Crippen LogP contribution >= 0.6 is 11.3 Å². The lowest BCUT2D eigenvalue weighted by Crippen LogP contribution is -2.43. The molecule has 3 nitrogen and oxygen atoms in total. The number of likely N-dealkylation sites (tertiary alicyclic amines) is 1. The summed E-state index contributed by atoms with van der Waals surface area (Å²) < 4.78 is 0. The fourth-order valence-electron chi connectivity index (χ4n) is 2.12. The smallest absolute Gasteiger partial charge is 0.0797 e. The summed E-state index contributed by atoms with van der Waals surface area (Å²) in [4.78, 5) is 8.18. The lowest BCUT2D eigenvalue weighted by molar-refractivity contribution is 0.212. The molecule has 1 aromatic rings. The van der Waals surface area contributed by atoms with Gasteiger partial charge in [0, 0.05) is 24.0 Å². The molecule has 1 atom stereocenters. The van der Waals surface area contributed by atoms with E-state index in [0.717, 1.165) is 19.5 Å². The van der Waals surface area contributed by atoms with E-state index in [1.165, 1.54) is 30.0 Å². The van der Waals surface area contributed by atoms with Crippen molar-refractivity contribution in [3.63, 3.8) is 0 Å². The molecule has 1 aliphatic rings. The first-order chi connectivity index (χ1) is 7.25. The van der Waals surface area contributed by atoms with Crippen molar-refractivity contribution in [2.45, 2.75) is 32.2 Å². The fourth-order valence-corrected chi connectivity index (χ4v) is 2.89. The summed E-state index contributed by atoms with van der Waals surface area (Å²) in [5.41, 5.74) is 9.09. The molecule has 1 aliphatic heterocycles. The molecular formula is C11H19N3S. The molecule has 0 bridgehead atoms. The van der Waals surface area contributed by atoms with E-state index < -0.39 is 0 Å². The number of nitrogens with two attached hydrogens (primary N) is 1. The second kappa shape index (κ2) is 5.05. The Bertz CT molecular complexity index is 311. The first kappa shape index (κ1) is 11.0. The third-order valence-corrected chi connectivity index (χ3v) is 4.04. The lowest BCUT2D eigenvalue weighted by Gasteiger charge is -2.30. The zero-order valence-electron chi connectivity index (χ0n) is 9.28. The first-order valence-electron chi connectivity index (χ1n) is 5.62. The van der Waals surface area contributed by atoms with Crippen LogP contribution in [0.5, 0.6) is 0 Å². The van der Waals surface area contributed by atoms with Crippen LogP contribution in [-0.2, 0) is 6.42 Å². The molecule has 84 valence electrons. The largest absolute Gasteiger partial charge is 0.327 e. The van der Waals surface area contributed by atoms with E-state index in [1.807, 2.05) is 5.51 Å². The van der Waals surface area contributed by atoms with Gasteiger partial charge in [0.2, 0.25) is 0 Å². The van der Waals surface area contributed by atoms with Gasteiger partial charge in [0.1, 0.15) is 0 Å². The normalized spacial score (nSPS) is 23.2. The van der Waals surface area contributed by atoms with Crippen LogP contribution in [0.1, 0.15) is 23.4 Å². The van der Waals surface area contributed by atoms with Gasteiger partial charge >= 0.3 is 0 Å². The van der Waals surface area contributed by atoms with E-state index in [4.69, 9.17) is 5.73 Å². The topological polar surface area (TPSA) is 42.2 Å². The summed E-state index contributed by atoms with van der Waals surface area (Å²) >= 11 is 1.77. The van der Waals surface area contributed by atoms with Crippen LogP contribution in [-0.4, -0.2) is 35.6 Å². The van der Waals surface area contributed by atoms with Gasteiger partial charge in [0.05, 0.1) is 11.2 Å². The molecule has 15 heavy (non-hydrogen) atoms. The van der Waals surface area contributed by atoms with Crippen LogP contribution in [0, 0.1) is 6.92 Å². The second-order valence-electron chi connectivity index (χ2n) is 4.31. The Morgan fingerprint density at radius 2 is 2.53 bits per heavy atom. The molecule has 0 spiro atoms. The van der Waals surface area contributed by atoms with Gasteiger partial charge in [-0.3, -0.25) is 0 Å². The van der Waals surface area contributed by atoms with Crippen LogP contribution in [0.15, 0.2) is 5.51 Å². The maximum absolute atomic E-state index is 5.95. The summed E-state index contributed by atoms with van der Waals surface area (Å²) in [6.45, 7) is 5.51. The summed E-state index contributed by atoms with van der Waals surface area (Å²) in [6.07, 6.45) is 3.57. The van der Waals surface area contributed by atoms with E-state index in [9.17, 15) is 0 Å². The van der Waals surface area contributed by atoms with E-state index in [0.29, 0.717) is 6.04 Å². The molecule has 1 saturated heterocycles. The Morgan fingerprint density at radius 3 is 3.20 bits per heavy atom. The molecule has 2 rings (SSSR count). The molecule has 0 saturated carbocycles. The van der Waals surface area contributed by atoms with Gasteiger partial charge in [-0.25, -0.2) is 4.98 Å². The van der Waals surface area contributed by atoms with Crippen LogP contribution in [0.3, 0.4) is 0 Å². The molecule has 2 heterocycles. The minimum absolute atomic E-state index is 0.390. The maximum atomic E-state index is 5.95. The van der Waals surface area contributed by atoms with Gasteiger partial charge in [-0.1, -0.05) is 0 Å². The number of aromatic nitrogens is 1. The predicted molar refractivity (Wildman–Crippen MR) is 64.2 cm³/mol. The van der Waals surface area contributed by atoms with Crippen LogP contribution in [0.2, 0.25) is 0 Å². The molecule has 1 unspecified atom stereocenters. The molecular weight excluding hydrogens is 206 g/mol. The molecule has 1 fully saturated rings. The number of aryl methyl sites for hydroxylation is 1. The predicted octanol–water partition coefficient (Wildman–Crippen LogP) is 1.42. The summed E-state index contributed by atoms with van der Waals surface area (Å²) in [6, 6.07) is 0.390. The average Bonchev–Trinajstić information content (AvgIpc) is 2.61. The Labute approximate surface area is 95.3 Å². The second-order valence-corrected chi connectivity index (χ2v) is 5.25. The van der Waals surface area contributed by atoms with Crippen LogP contribution < -0.4 is 5.73 Å². The Morgan fingerprint density at radius 1 is 1.67 bits per heavy atom. The van der Waals surface area contributed by atoms with Crippen LogP contribution in [0.25, 0.3) is 0 Å². The average molecular weight is 225 g/mol. The van der Waals surface area contributed by atoms with E-state index in [2.05, 4.69) is 16.8 Å². The van der Waals surface area contributed by atoms with E-state index >= 15 is 0 Å². The van der Waals surface area contributed by atoms with Crippen molar-refractivity contribution in [3.05, 3.63) is 16.1 Å². The van der Waals surface area contributed by atoms with E-state index in [1.54, 1.807) is 11.3 Å². The fraction of sp³-hybridized carbons (Fsp3) is 0.727. The molecule has 0 amide bonds. The van der Waals surface area contributed by atoms with E-state index in [-0.39, 0.29) is 0 Å². The van der Waals surface area contributed by atoms with Crippen molar-refractivity contribution >= 4 is 11.3 Å². The standard InChI is InChI=1S/C11H19N3S/c1-9-11(15-8-13-9)4-6-14-5-2-3-10(12)7-14/h8,10H,2-7,12H2,1H3. The lowest BCUT2D eigenvalue weighted by atomic mass is 10.1. The Hall–Kier alpha value is -0.450. The summed E-state index contributed by atoms with van der Waals surface area (Å²) in [5.74, 6) is 0. The van der Waals surface area contributed by atoms with Crippen molar-refractivity contribution in [3.8, 4) is 0 Å². The highest BCUT2D eigenvalue weighted by Crippen LogP contribution is 2.15. The van der Waals surface area contributed by atoms with Crippen LogP contribution in [0.4, 0.5) is 0 Å². The summed E-state index contributed by atoms with van der Waals surface area (Å²) in [7, 11) is 0. The highest BCUT2D eigenvalue weighted by molar-refractivity contribution is 7.09. The number of rotatable bonds is 3. The number of thiazole rings is 1. The monoisotopic (exact) mass is 225 g/mol. The van der Waals surface area contributed by atoms with Crippen molar-refractivity contribution in [1.82, 2.24) is 9.88 Å². The van der Waals surface area contributed by atoms with Crippen molar-refractivity contribution in [2.24, 2.45) is 5.73 Å².